The van der Waals surface area contributed by atoms with Crippen molar-refractivity contribution in [2.45, 2.75) is 13.0 Å². The molecule has 1 aliphatic rings. The Balaban J connectivity index is 1.88. The van der Waals surface area contributed by atoms with E-state index in [2.05, 4.69) is 54.6 Å². The SMILES string of the molecule is NCc1cc(-c2ccc3ccccc3c2)cc2c1OCC2. The van der Waals surface area contributed by atoms with Crippen molar-refractivity contribution in [2.24, 2.45) is 5.73 Å². The van der Waals surface area contributed by atoms with Gasteiger partial charge in [0.15, 0.2) is 0 Å². The first-order valence-corrected chi connectivity index (χ1v) is 7.33. The lowest BCUT2D eigenvalue weighted by Gasteiger charge is -2.10. The summed E-state index contributed by atoms with van der Waals surface area (Å²) < 4.78 is 5.70. The maximum atomic E-state index is 5.88. The lowest BCUT2D eigenvalue weighted by atomic mass is 9.96. The summed E-state index contributed by atoms with van der Waals surface area (Å²) >= 11 is 0. The van der Waals surface area contributed by atoms with Crippen molar-refractivity contribution in [1.82, 2.24) is 0 Å². The standard InChI is InChI=1S/C19H17NO/c20-12-18-11-17(10-16-7-8-21-19(16)18)15-6-5-13-3-1-2-4-14(13)9-15/h1-6,9-11H,7-8,12,20H2. The van der Waals surface area contributed by atoms with Gasteiger partial charge in [-0.1, -0.05) is 36.4 Å². The number of hydrogen-bond donors (Lipinski definition) is 1. The van der Waals surface area contributed by atoms with Gasteiger partial charge >= 0.3 is 0 Å². The highest BCUT2D eigenvalue weighted by atomic mass is 16.5. The van der Waals surface area contributed by atoms with Crippen LogP contribution in [0.1, 0.15) is 11.1 Å². The van der Waals surface area contributed by atoms with Crippen LogP contribution in [0.5, 0.6) is 5.75 Å². The molecule has 2 nitrogen and oxygen atoms in total. The first-order valence-electron chi connectivity index (χ1n) is 7.33. The van der Waals surface area contributed by atoms with Crippen molar-refractivity contribution in [3.63, 3.8) is 0 Å². The number of hydrogen-bond acceptors (Lipinski definition) is 2. The number of ether oxygens (including phenoxy) is 1. The highest BCUT2D eigenvalue weighted by Gasteiger charge is 2.17. The van der Waals surface area contributed by atoms with Crippen LogP contribution < -0.4 is 10.5 Å². The van der Waals surface area contributed by atoms with E-state index in [0.717, 1.165) is 24.3 Å². The van der Waals surface area contributed by atoms with E-state index in [-0.39, 0.29) is 0 Å². The topological polar surface area (TPSA) is 35.2 Å². The molecule has 3 aromatic carbocycles. The van der Waals surface area contributed by atoms with Gasteiger partial charge in [0, 0.05) is 18.5 Å². The van der Waals surface area contributed by atoms with Crippen LogP contribution in [-0.2, 0) is 13.0 Å². The van der Waals surface area contributed by atoms with Gasteiger partial charge in [-0.2, -0.15) is 0 Å². The molecule has 2 N–H and O–H groups in total. The largest absolute Gasteiger partial charge is 0.493 e. The Labute approximate surface area is 124 Å². The first-order chi connectivity index (χ1) is 10.3. The monoisotopic (exact) mass is 275 g/mol. The van der Waals surface area contributed by atoms with Crippen LogP contribution in [0.3, 0.4) is 0 Å². The quantitative estimate of drug-likeness (QED) is 0.770. The summed E-state index contributed by atoms with van der Waals surface area (Å²) in [5.74, 6) is 1.00. The molecule has 0 fully saturated rings. The molecule has 0 radical (unpaired) electrons. The zero-order valence-corrected chi connectivity index (χ0v) is 11.8. The fourth-order valence-electron chi connectivity index (χ4n) is 3.08. The second-order valence-corrected chi connectivity index (χ2v) is 5.49. The number of nitrogens with two attached hydrogens (primary N) is 1. The zero-order valence-electron chi connectivity index (χ0n) is 11.8. The molecule has 104 valence electrons. The fourth-order valence-corrected chi connectivity index (χ4v) is 3.08. The molecule has 0 saturated carbocycles. The van der Waals surface area contributed by atoms with Crippen LogP contribution >= 0.6 is 0 Å². The third-order valence-corrected chi connectivity index (χ3v) is 4.16. The maximum Gasteiger partial charge on any atom is 0.127 e. The van der Waals surface area contributed by atoms with Gasteiger partial charge in [0.25, 0.3) is 0 Å². The van der Waals surface area contributed by atoms with Gasteiger partial charge in [0.2, 0.25) is 0 Å². The Hall–Kier alpha value is -2.32. The van der Waals surface area contributed by atoms with Gasteiger partial charge in [0.1, 0.15) is 5.75 Å². The molecular formula is C19H17NO. The van der Waals surface area contributed by atoms with E-state index in [1.165, 1.54) is 27.5 Å². The molecule has 0 spiro atoms. The molecule has 1 aliphatic heterocycles. The van der Waals surface area contributed by atoms with Gasteiger partial charge in [0.05, 0.1) is 6.61 Å². The Morgan fingerprint density at radius 1 is 0.905 bits per heavy atom. The van der Waals surface area contributed by atoms with Gasteiger partial charge in [-0.25, -0.2) is 0 Å². The molecule has 0 aliphatic carbocycles. The molecular weight excluding hydrogens is 258 g/mol. The van der Waals surface area contributed by atoms with E-state index in [9.17, 15) is 0 Å². The Bertz CT molecular complexity index is 823. The van der Waals surface area contributed by atoms with Crippen molar-refractivity contribution >= 4 is 10.8 Å². The smallest absolute Gasteiger partial charge is 0.127 e. The third-order valence-electron chi connectivity index (χ3n) is 4.16. The van der Waals surface area contributed by atoms with Crippen LogP contribution in [0.4, 0.5) is 0 Å². The number of benzene rings is 3. The second kappa shape index (κ2) is 4.90. The van der Waals surface area contributed by atoms with Crippen molar-refractivity contribution in [2.75, 3.05) is 6.61 Å². The lowest BCUT2D eigenvalue weighted by molar-refractivity contribution is 0.353. The molecule has 1 heterocycles. The van der Waals surface area contributed by atoms with Crippen molar-refractivity contribution in [3.8, 4) is 16.9 Å². The van der Waals surface area contributed by atoms with Gasteiger partial charge in [-0.15, -0.1) is 0 Å². The summed E-state index contributed by atoms with van der Waals surface area (Å²) in [5, 5.41) is 2.53. The van der Waals surface area contributed by atoms with Crippen LogP contribution in [-0.4, -0.2) is 6.61 Å². The van der Waals surface area contributed by atoms with Gasteiger partial charge < -0.3 is 10.5 Å². The van der Waals surface area contributed by atoms with Gasteiger partial charge in [-0.05, 0) is 45.7 Å². The maximum absolute atomic E-state index is 5.88. The van der Waals surface area contributed by atoms with Crippen molar-refractivity contribution in [1.29, 1.82) is 0 Å². The summed E-state index contributed by atoms with van der Waals surface area (Å²) in [4.78, 5) is 0. The predicted octanol–water partition coefficient (Wildman–Crippen LogP) is 3.90. The minimum absolute atomic E-state index is 0.518. The Morgan fingerprint density at radius 2 is 1.76 bits per heavy atom. The van der Waals surface area contributed by atoms with Gasteiger partial charge in [-0.3, -0.25) is 0 Å². The molecule has 0 bridgehead atoms. The molecule has 21 heavy (non-hydrogen) atoms. The van der Waals surface area contributed by atoms with E-state index in [0.29, 0.717) is 6.54 Å². The van der Waals surface area contributed by atoms with E-state index >= 15 is 0 Å². The second-order valence-electron chi connectivity index (χ2n) is 5.49. The summed E-state index contributed by atoms with van der Waals surface area (Å²) in [6.45, 7) is 1.28. The summed E-state index contributed by atoms with van der Waals surface area (Å²) in [6, 6.07) is 19.4. The van der Waals surface area contributed by atoms with Crippen molar-refractivity contribution < 1.29 is 4.74 Å². The summed E-state index contributed by atoms with van der Waals surface area (Å²) in [5.41, 5.74) is 10.7. The number of fused-ring (bicyclic) bond motifs is 2. The Kier molecular flexibility index (Phi) is 2.90. The zero-order chi connectivity index (χ0) is 14.2. The minimum atomic E-state index is 0.518. The van der Waals surface area contributed by atoms with Crippen LogP contribution in [0.15, 0.2) is 54.6 Å². The van der Waals surface area contributed by atoms with E-state index < -0.39 is 0 Å². The predicted molar refractivity (Wildman–Crippen MR) is 86.5 cm³/mol. The summed E-state index contributed by atoms with van der Waals surface area (Å²) in [7, 11) is 0. The fraction of sp³-hybridized carbons (Fsp3) is 0.158. The van der Waals surface area contributed by atoms with E-state index in [1.54, 1.807) is 0 Å². The number of rotatable bonds is 2. The molecule has 0 aromatic heterocycles. The lowest BCUT2D eigenvalue weighted by Crippen LogP contribution is -2.00. The highest BCUT2D eigenvalue weighted by Crippen LogP contribution is 2.35. The summed E-state index contributed by atoms with van der Waals surface area (Å²) in [6.07, 6.45) is 0.976. The first kappa shape index (κ1) is 12.4. The average molecular weight is 275 g/mol. The molecule has 2 heteroatoms. The molecule has 0 amide bonds. The minimum Gasteiger partial charge on any atom is -0.493 e. The molecule has 0 saturated heterocycles. The molecule has 4 rings (SSSR count). The highest BCUT2D eigenvalue weighted by molar-refractivity contribution is 5.87. The molecule has 0 unspecified atom stereocenters. The normalized spacial score (nSPS) is 13.2. The molecule has 3 aromatic rings. The third kappa shape index (κ3) is 2.08. The van der Waals surface area contributed by atoms with Crippen LogP contribution in [0.25, 0.3) is 21.9 Å². The van der Waals surface area contributed by atoms with E-state index in [4.69, 9.17) is 10.5 Å². The van der Waals surface area contributed by atoms with Crippen LogP contribution in [0, 0.1) is 0 Å². The average Bonchev–Trinajstić information content (AvgIpc) is 3.02. The Morgan fingerprint density at radius 3 is 2.62 bits per heavy atom. The van der Waals surface area contributed by atoms with Crippen molar-refractivity contribution in [3.05, 3.63) is 65.7 Å². The van der Waals surface area contributed by atoms with E-state index in [1.807, 2.05) is 0 Å². The molecule has 0 atom stereocenters. The van der Waals surface area contributed by atoms with Crippen LogP contribution in [0.2, 0.25) is 0 Å².